The topological polar surface area (TPSA) is 68.8 Å². The summed E-state index contributed by atoms with van der Waals surface area (Å²) >= 11 is 0. The van der Waals surface area contributed by atoms with E-state index in [2.05, 4.69) is 58.1 Å². The van der Waals surface area contributed by atoms with Gasteiger partial charge in [-0.2, -0.15) is 10.1 Å². The Kier molecular flexibility index (Phi) is 6.04. The van der Waals surface area contributed by atoms with Crippen molar-refractivity contribution in [2.75, 3.05) is 5.32 Å². The molecule has 26 heavy (non-hydrogen) atoms. The molecule has 0 spiro atoms. The molecule has 6 nitrogen and oxygen atoms in total. The lowest BCUT2D eigenvalue weighted by Crippen LogP contribution is -2.12. The summed E-state index contributed by atoms with van der Waals surface area (Å²) in [5, 5.41) is 12.1. The van der Waals surface area contributed by atoms with Gasteiger partial charge in [0, 0.05) is 6.42 Å². The van der Waals surface area contributed by atoms with Gasteiger partial charge in [0.25, 0.3) is 0 Å². The Morgan fingerprint density at radius 3 is 2.58 bits per heavy atom. The molecule has 1 N–H and O–H groups in total. The fourth-order valence-electron chi connectivity index (χ4n) is 3.22. The van der Waals surface area contributed by atoms with Gasteiger partial charge in [-0.3, -0.25) is 4.68 Å². The van der Waals surface area contributed by atoms with Gasteiger partial charge < -0.3 is 9.84 Å². The molecule has 0 saturated heterocycles. The largest absolute Gasteiger partial charge is 0.373 e. The van der Waals surface area contributed by atoms with Gasteiger partial charge in [-0.1, -0.05) is 56.3 Å². The van der Waals surface area contributed by atoms with Gasteiger partial charge >= 0.3 is 0 Å². The Balaban J connectivity index is 1.64. The van der Waals surface area contributed by atoms with E-state index in [1.807, 2.05) is 24.4 Å². The molecule has 2 heterocycles. The molecule has 0 saturated carbocycles. The van der Waals surface area contributed by atoms with Gasteiger partial charge in [0.2, 0.25) is 5.89 Å². The van der Waals surface area contributed by atoms with Gasteiger partial charge in [0.1, 0.15) is 0 Å². The number of hydrogen-bond donors (Lipinski definition) is 1. The second-order valence-corrected chi connectivity index (χ2v) is 6.39. The molecule has 3 rings (SSSR count). The molecule has 0 aliphatic rings. The fourth-order valence-corrected chi connectivity index (χ4v) is 3.22. The summed E-state index contributed by atoms with van der Waals surface area (Å²) in [5.41, 5.74) is 3.44. The summed E-state index contributed by atoms with van der Waals surface area (Å²) in [5.74, 6) is 1.30. The second-order valence-electron chi connectivity index (χ2n) is 6.39. The van der Waals surface area contributed by atoms with Crippen LogP contribution < -0.4 is 5.32 Å². The normalized spacial score (nSPS) is 11.2. The highest BCUT2D eigenvalue weighted by molar-refractivity contribution is 5.46. The number of benzene rings is 1. The minimum Gasteiger partial charge on any atom is -0.373 e. The molecule has 0 radical (unpaired) electrons. The third-order valence-electron chi connectivity index (χ3n) is 4.67. The molecular weight excluding hydrogens is 326 g/mol. The molecule has 0 aliphatic carbocycles. The van der Waals surface area contributed by atoms with Crippen LogP contribution in [-0.4, -0.2) is 19.9 Å². The SMILES string of the molecule is CCc1c(NCc2nc(Cc3ccccc3)no2)cnn1C(CC)CC. The summed E-state index contributed by atoms with van der Waals surface area (Å²) < 4.78 is 7.53. The van der Waals surface area contributed by atoms with E-state index in [1.54, 1.807) is 0 Å². The monoisotopic (exact) mass is 353 g/mol. The zero-order chi connectivity index (χ0) is 18.4. The zero-order valence-corrected chi connectivity index (χ0v) is 15.8. The van der Waals surface area contributed by atoms with Gasteiger partial charge in [-0.15, -0.1) is 0 Å². The van der Waals surface area contributed by atoms with Crippen LogP contribution in [0.1, 0.15) is 62.6 Å². The molecule has 0 aliphatic heterocycles. The Morgan fingerprint density at radius 1 is 1.12 bits per heavy atom. The number of aromatic nitrogens is 4. The first kappa shape index (κ1) is 18.2. The zero-order valence-electron chi connectivity index (χ0n) is 15.8. The van der Waals surface area contributed by atoms with Crippen molar-refractivity contribution in [2.45, 2.75) is 59.0 Å². The van der Waals surface area contributed by atoms with Crippen molar-refractivity contribution >= 4 is 5.69 Å². The summed E-state index contributed by atoms with van der Waals surface area (Å²) in [4.78, 5) is 4.48. The van der Waals surface area contributed by atoms with Gasteiger partial charge in [0.15, 0.2) is 5.82 Å². The van der Waals surface area contributed by atoms with E-state index in [9.17, 15) is 0 Å². The standard InChI is InChI=1S/C20H27N5O/c1-4-16(5-2)25-18(6-3)17(13-22-25)21-14-20-23-19(24-26-20)12-15-10-8-7-9-11-15/h7-11,13,16,21H,4-6,12,14H2,1-3H3. The number of rotatable bonds is 9. The summed E-state index contributed by atoms with van der Waals surface area (Å²) in [6, 6.07) is 10.6. The molecule has 2 aromatic heterocycles. The third kappa shape index (κ3) is 4.12. The van der Waals surface area contributed by atoms with Crippen LogP contribution in [0.5, 0.6) is 0 Å². The highest BCUT2D eigenvalue weighted by Crippen LogP contribution is 2.24. The van der Waals surface area contributed by atoms with Crippen LogP contribution in [0.2, 0.25) is 0 Å². The fraction of sp³-hybridized carbons (Fsp3) is 0.450. The second kappa shape index (κ2) is 8.65. The summed E-state index contributed by atoms with van der Waals surface area (Å²) in [6.07, 6.45) is 5.67. The Morgan fingerprint density at radius 2 is 1.88 bits per heavy atom. The quantitative estimate of drug-likeness (QED) is 0.618. The summed E-state index contributed by atoms with van der Waals surface area (Å²) in [7, 11) is 0. The van der Waals surface area contributed by atoms with E-state index in [0.29, 0.717) is 30.7 Å². The smallest absolute Gasteiger partial charge is 0.245 e. The van der Waals surface area contributed by atoms with Gasteiger partial charge in [-0.05, 0) is 24.8 Å². The molecule has 1 aromatic carbocycles. The molecule has 0 bridgehead atoms. The van der Waals surface area contributed by atoms with Crippen LogP contribution in [0.3, 0.4) is 0 Å². The van der Waals surface area contributed by atoms with Crippen LogP contribution >= 0.6 is 0 Å². The molecular formula is C20H27N5O. The first-order valence-corrected chi connectivity index (χ1v) is 9.40. The number of nitrogens with zero attached hydrogens (tertiary/aromatic N) is 4. The average molecular weight is 353 g/mol. The maximum atomic E-state index is 5.38. The lowest BCUT2D eigenvalue weighted by atomic mass is 10.1. The van der Waals surface area contributed by atoms with E-state index in [4.69, 9.17) is 4.52 Å². The highest BCUT2D eigenvalue weighted by atomic mass is 16.5. The lowest BCUT2D eigenvalue weighted by Gasteiger charge is -2.16. The van der Waals surface area contributed by atoms with Crippen molar-refractivity contribution < 1.29 is 4.52 Å². The molecule has 0 unspecified atom stereocenters. The van der Waals surface area contributed by atoms with Crippen molar-refractivity contribution in [2.24, 2.45) is 0 Å². The van der Waals surface area contributed by atoms with Crippen molar-refractivity contribution in [3.05, 3.63) is 59.5 Å². The van der Waals surface area contributed by atoms with E-state index >= 15 is 0 Å². The Labute approximate surface area is 154 Å². The van der Waals surface area contributed by atoms with Gasteiger partial charge in [0.05, 0.1) is 30.2 Å². The van der Waals surface area contributed by atoms with Crippen LogP contribution in [0.25, 0.3) is 0 Å². The van der Waals surface area contributed by atoms with Crippen molar-refractivity contribution in [1.29, 1.82) is 0 Å². The lowest BCUT2D eigenvalue weighted by molar-refractivity contribution is 0.378. The first-order chi connectivity index (χ1) is 12.7. The predicted octanol–water partition coefficient (Wildman–Crippen LogP) is 4.39. The Hall–Kier alpha value is -2.63. The molecule has 138 valence electrons. The van der Waals surface area contributed by atoms with Crippen LogP contribution in [0.4, 0.5) is 5.69 Å². The number of hydrogen-bond acceptors (Lipinski definition) is 5. The third-order valence-corrected chi connectivity index (χ3v) is 4.67. The van der Waals surface area contributed by atoms with Crippen LogP contribution in [0.15, 0.2) is 41.1 Å². The molecule has 6 heteroatoms. The molecule has 0 amide bonds. The van der Waals surface area contributed by atoms with Crippen LogP contribution in [0, 0.1) is 0 Å². The first-order valence-electron chi connectivity index (χ1n) is 9.40. The van der Waals surface area contributed by atoms with Crippen molar-refractivity contribution in [3.8, 4) is 0 Å². The van der Waals surface area contributed by atoms with Crippen LogP contribution in [-0.2, 0) is 19.4 Å². The maximum absolute atomic E-state index is 5.38. The van der Waals surface area contributed by atoms with Crippen molar-refractivity contribution in [1.82, 2.24) is 19.9 Å². The van der Waals surface area contributed by atoms with E-state index in [1.165, 1.54) is 11.3 Å². The van der Waals surface area contributed by atoms with E-state index < -0.39 is 0 Å². The number of anilines is 1. The molecule has 3 aromatic rings. The van der Waals surface area contributed by atoms with E-state index in [0.717, 1.165) is 24.9 Å². The minimum atomic E-state index is 0.446. The Bertz CT molecular complexity index is 805. The van der Waals surface area contributed by atoms with Crippen molar-refractivity contribution in [3.63, 3.8) is 0 Å². The average Bonchev–Trinajstić information content (AvgIpc) is 3.28. The molecule has 0 fully saturated rings. The molecule has 0 atom stereocenters. The van der Waals surface area contributed by atoms with Gasteiger partial charge in [-0.25, -0.2) is 0 Å². The number of nitrogens with one attached hydrogen (secondary N) is 1. The maximum Gasteiger partial charge on any atom is 0.245 e. The highest BCUT2D eigenvalue weighted by Gasteiger charge is 2.15. The summed E-state index contributed by atoms with van der Waals surface area (Å²) in [6.45, 7) is 7.07. The van der Waals surface area contributed by atoms with E-state index in [-0.39, 0.29) is 0 Å². The minimum absolute atomic E-state index is 0.446. The predicted molar refractivity (Wildman–Crippen MR) is 102 cm³/mol.